The van der Waals surface area contributed by atoms with E-state index in [1.807, 2.05) is 30.3 Å². The summed E-state index contributed by atoms with van der Waals surface area (Å²) in [5.41, 5.74) is 1.02. The molecule has 2 nitrogen and oxygen atoms in total. The van der Waals surface area contributed by atoms with Gasteiger partial charge in [0.2, 0.25) is 5.91 Å². The first-order valence-electron chi connectivity index (χ1n) is 5.81. The molecule has 1 heterocycles. The molecule has 94 valence electrons. The van der Waals surface area contributed by atoms with Gasteiger partial charge in [0.25, 0.3) is 0 Å². The lowest BCUT2D eigenvalue weighted by Gasteiger charge is -2.04. The molecular formula is C14H15NOS2. The van der Waals surface area contributed by atoms with E-state index in [1.165, 1.54) is 4.88 Å². The Kier molecular flexibility index (Phi) is 4.84. The van der Waals surface area contributed by atoms with Gasteiger partial charge >= 0.3 is 0 Å². The normalized spacial score (nSPS) is 10.3. The zero-order valence-electron chi connectivity index (χ0n) is 9.93. The Balaban J connectivity index is 1.73. The van der Waals surface area contributed by atoms with Gasteiger partial charge in [-0.2, -0.15) is 0 Å². The van der Waals surface area contributed by atoms with Crippen LogP contribution in [0.5, 0.6) is 0 Å². The predicted molar refractivity (Wildman–Crippen MR) is 78.4 cm³/mol. The zero-order valence-corrected chi connectivity index (χ0v) is 11.6. The third-order valence-electron chi connectivity index (χ3n) is 2.57. The molecule has 1 N–H and O–H groups in total. The van der Waals surface area contributed by atoms with Crippen LogP contribution in [0.15, 0.2) is 46.7 Å². The fourth-order valence-corrected chi connectivity index (χ4v) is 2.50. The maximum atomic E-state index is 11.7. The van der Waals surface area contributed by atoms with Crippen molar-refractivity contribution in [1.82, 2.24) is 5.32 Å². The van der Waals surface area contributed by atoms with Gasteiger partial charge in [0.05, 0.1) is 6.42 Å². The quantitative estimate of drug-likeness (QED) is 0.808. The van der Waals surface area contributed by atoms with Crippen LogP contribution in [-0.2, 0) is 17.6 Å². The van der Waals surface area contributed by atoms with Crippen LogP contribution in [0.25, 0.3) is 0 Å². The molecule has 0 radical (unpaired) electrons. The molecule has 1 amide bonds. The molecule has 2 rings (SSSR count). The summed E-state index contributed by atoms with van der Waals surface area (Å²) < 4.78 is 0. The lowest BCUT2D eigenvalue weighted by atomic mass is 10.1. The van der Waals surface area contributed by atoms with Gasteiger partial charge in [0.1, 0.15) is 0 Å². The first-order chi connectivity index (χ1) is 8.74. The minimum atomic E-state index is 0.0680. The number of hydrogen-bond acceptors (Lipinski definition) is 3. The Morgan fingerprint density at radius 3 is 2.67 bits per heavy atom. The van der Waals surface area contributed by atoms with E-state index in [4.69, 9.17) is 0 Å². The third kappa shape index (κ3) is 4.20. The molecule has 0 aliphatic heterocycles. The monoisotopic (exact) mass is 277 g/mol. The second-order valence-electron chi connectivity index (χ2n) is 4.02. The number of benzene rings is 1. The molecule has 0 fully saturated rings. The van der Waals surface area contributed by atoms with Crippen LogP contribution in [0.3, 0.4) is 0 Å². The summed E-state index contributed by atoms with van der Waals surface area (Å²) in [4.78, 5) is 13.9. The number of nitrogens with one attached hydrogen (secondary N) is 1. The summed E-state index contributed by atoms with van der Waals surface area (Å²) in [7, 11) is 0. The van der Waals surface area contributed by atoms with E-state index in [1.54, 1.807) is 11.3 Å². The highest BCUT2D eigenvalue weighted by Crippen LogP contribution is 2.09. The van der Waals surface area contributed by atoms with Crippen LogP contribution in [-0.4, -0.2) is 12.5 Å². The molecule has 0 aliphatic rings. The van der Waals surface area contributed by atoms with Crippen molar-refractivity contribution in [3.05, 3.63) is 52.2 Å². The summed E-state index contributed by atoms with van der Waals surface area (Å²) in [6.07, 6.45) is 1.33. The maximum absolute atomic E-state index is 11.7. The highest BCUT2D eigenvalue weighted by Gasteiger charge is 2.03. The molecule has 1 aromatic carbocycles. The minimum Gasteiger partial charge on any atom is -0.355 e. The van der Waals surface area contributed by atoms with E-state index in [9.17, 15) is 4.79 Å². The van der Waals surface area contributed by atoms with E-state index in [0.29, 0.717) is 13.0 Å². The zero-order chi connectivity index (χ0) is 12.8. The summed E-state index contributed by atoms with van der Waals surface area (Å²) in [5, 5.41) is 4.98. The number of rotatable bonds is 5. The summed E-state index contributed by atoms with van der Waals surface area (Å²) in [5.74, 6) is 0.0680. The fourth-order valence-electron chi connectivity index (χ4n) is 1.64. The van der Waals surface area contributed by atoms with Crippen molar-refractivity contribution in [3.63, 3.8) is 0 Å². The molecule has 0 unspecified atom stereocenters. The predicted octanol–water partition coefficient (Wildman–Crippen LogP) is 2.94. The highest BCUT2D eigenvalue weighted by atomic mass is 32.1. The molecule has 0 saturated carbocycles. The van der Waals surface area contributed by atoms with Crippen molar-refractivity contribution in [2.45, 2.75) is 17.7 Å². The van der Waals surface area contributed by atoms with Crippen molar-refractivity contribution in [2.75, 3.05) is 6.54 Å². The molecule has 0 saturated heterocycles. The van der Waals surface area contributed by atoms with Gasteiger partial charge in [-0.25, -0.2) is 0 Å². The van der Waals surface area contributed by atoms with Crippen LogP contribution in [0, 0.1) is 0 Å². The average molecular weight is 277 g/mol. The Bertz CT molecular complexity index is 491. The number of carbonyl (C=O) groups is 1. The van der Waals surface area contributed by atoms with Crippen molar-refractivity contribution >= 4 is 29.9 Å². The van der Waals surface area contributed by atoms with Crippen molar-refractivity contribution in [3.8, 4) is 0 Å². The van der Waals surface area contributed by atoms with Gasteiger partial charge in [0, 0.05) is 16.3 Å². The summed E-state index contributed by atoms with van der Waals surface area (Å²) in [6.45, 7) is 0.698. The fraction of sp³-hybridized carbons (Fsp3) is 0.214. The minimum absolute atomic E-state index is 0.0680. The molecule has 2 aromatic rings. The number of amides is 1. The van der Waals surface area contributed by atoms with Crippen LogP contribution in [0.2, 0.25) is 0 Å². The van der Waals surface area contributed by atoms with Gasteiger partial charge in [-0.05, 0) is 35.6 Å². The lowest BCUT2D eigenvalue weighted by molar-refractivity contribution is -0.120. The Hall–Kier alpha value is -1.26. The Labute approximate surface area is 116 Å². The van der Waals surface area contributed by atoms with Gasteiger partial charge in [-0.15, -0.1) is 24.0 Å². The lowest BCUT2D eigenvalue weighted by Crippen LogP contribution is -2.27. The number of hydrogen-bond donors (Lipinski definition) is 2. The van der Waals surface area contributed by atoms with E-state index >= 15 is 0 Å². The number of thiol groups is 1. The smallest absolute Gasteiger partial charge is 0.224 e. The van der Waals surface area contributed by atoms with Gasteiger partial charge in [0.15, 0.2) is 0 Å². The van der Waals surface area contributed by atoms with Crippen LogP contribution < -0.4 is 5.32 Å². The van der Waals surface area contributed by atoms with E-state index in [-0.39, 0.29) is 5.91 Å². The first-order valence-corrected chi connectivity index (χ1v) is 7.14. The molecule has 0 spiro atoms. The topological polar surface area (TPSA) is 29.1 Å². The first kappa shape index (κ1) is 13.2. The van der Waals surface area contributed by atoms with Gasteiger partial charge in [-0.3, -0.25) is 4.79 Å². The molecule has 0 bridgehead atoms. The van der Waals surface area contributed by atoms with Crippen LogP contribution in [0.1, 0.15) is 10.4 Å². The number of carbonyl (C=O) groups excluding carboxylic acids is 1. The maximum Gasteiger partial charge on any atom is 0.224 e. The highest BCUT2D eigenvalue weighted by molar-refractivity contribution is 7.80. The van der Waals surface area contributed by atoms with Gasteiger partial charge < -0.3 is 5.32 Å². The molecule has 0 aliphatic carbocycles. The third-order valence-corrected chi connectivity index (χ3v) is 3.81. The van der Waals surface area contributed by atoms with Gasteiger partial charge in [-0.1, -0.05) is 18.2 Å². The Morgan fingerprint density at radius 2 is 2.00 bits per heavy atom. The largest absolute Gasteiger partial charge is 0.355 e. The second kappa shape index (κ2) is 6.61. The Morgan fingerprint density at radius 1 is 1.22 bits per heavy atom. The molecule has 18 heavy (non-hydrogen) atoms. The molecule has 0 atom stereocenters. The summed E-state index contributed by atoms with van der Waals surface area (Å²) in [6, 6.07) is 11.8. The molecule has 4 heteroatoms. The molecular weight excluding hydrogens is 262 g/mol. The summed E-state index contributed by atoms with van der Waals surface area (Å²) >= 11 is 5.93. The van der Waals surface area contributed by atoms with E-state index in [2.05, 4.69) is 29.4 Å². The van der Waals surface area contributed by atoms with Crippen LogP contribution >= 0.6 is 24.0 Å². The standard InChI is InChI=1S/C14H15NOS2/c16-14(10-11-3-5-12(17)6-4-11)15-8-7-13-2-1-9-18-13/h1-6,9,17H,7-8,10H2,(H,15,16). The SMILES string of the molecule is O=C(Cc1ccc(S)cc1)NCCc1cccs1. The second-order valence-corrected chi connectivity index (χ2v) is 5.57. The van der Waals surface area contributed by atoms with Crippen molar-refractivity contribution < 1.29 is 4.79 Å². The van der Waals surface area contributed by atoms with Crippen LogP contribution in [0.4, 0.5) is 0 Å². The average Bonchev–Trinajstić information content (AvgIpc) is 2.85. The van der Waals surface area contributed by atoms with Crippen molar-refractivity contribution in [1.29, 1.82) is 0 Å². The van der Waals surface area contributed by atoms with Crippen molar-refractivity contribution in [2.24, 2.45) is 0 Å². The van der Waals surface area contributed by atoms with E-state index in [0.717, 1.165) is 16.9 Å². The number of thiophene rings is 1. The molecule has 1 aromatic heterocycles. The van der Waals surface area contributed by atoms with E-state index < -0.39 is 0 Å².